The molecule has 0 fully saturated rings. The number of carbonyl (C=O) groups is 1. The van der Waals surface area contributed by atoms with Gasteiger partial charge in [-0.25, -0.2) is 8.93 Å². The molecular weight excluding hydrogens is 152 g/mol. The van der Waals surface area contributed by atoms with Gasteiger partial charge < -0.3 is 0 Å². The first-order chi connectivity index (χ1) is 4.54. The van der Waals surface area contributed by atoms with Crippen LogP contribution < -0.4 is 4.72 Å². The lowest BCUT2D eigenvalue weighted by molar-refractivity contribution is -0.116. The summed E-state index contributed by atoms with van der Waals surface area (Å²) < 4.78 is 17.5. The predicted molar refractivity (Wildman–Crippen MR) is 38.7 cm³/mol. The third kappa shape index (κ3) is 1.19. The molecule has 0 aromatic carbocycles. The molecule has 1 heterocycles. The van der Waals surface area contributed by atoms with E-state index in [1.165, 1.54) is 0 Å². The van der Waals surface area contributed by atoms with Gasteiger partial charge in [0.1, 0.15) is 9.92 Å². The average molecular weight is 162 g/mol. The highest BCUT2D eigenvalue weighted by atomic mass is 32.2. The van der Waals surface area contributed by atoms with Crippen LogP contribution in [0.1, 0.15) is 13.8 Å². The molecule has 4 nitrogen and oxygen atoms in total. The van der Waals surface area contributed by atoms with Crippen LogP contribution in [-0.2, 0) is 14.7 Å². The predicted octanol–water partition coefficient (Wildman–Crippen LogP) is -0.0924. The molecule has 1 amide bonds. The van der Waals surface area contributed by atoms with Crippen molar-refractivity contribution in [3.8, 4) is 0 Å². The van der Waals surface area contributed by atoms with Crippen molar-refractivity contribution in [1.29, 1.82) is 0 Å². The van der Waals surface area contributed by atoms with E-state index in [4.69, 9.17) is 0 Å². The summed E-state index contributed by atoms with van der Waals surface area (Å²) in [5, 5.41) is -0.0982. The van der Waals surface area contributed by atoms with Gasteiger partial charge in [-0.1, -0.05) is 0 Å². The molecule has 1 aliphatic rings. The molecule has 5 heteroatoms. The Morgan fingerprint density at radius 2 is 2.30 bits per heavy atom. The number of nitrogens with zero attached hydrogens (tertiary/aromatic N) is 1. The summed E-state index contributed by atoms with van der Waals surface area (Å²) >= 11 is 0. The van der Waals surface area contributed by atoms with Crippen molar-refractivity contribution in [2.24, 2.45) is 4.36 Å². The third-order valence-electron chi connectivity index (χ3n) is 1.31. The summed E-state index contributed by atoms with van der Waals surface area (Å²) in [4.78, 5) is 10.6. The molecule has 1 N–H and O–H groups in total. The van der Waals surface area contributed by atoms with Crippen LogP contribution in [0.2, 0.25) is 0 Å². The van der Waals surface area contributed by atoms with Gasteiger partial charge in [0.15, 0.2) is 0 Å². The molecule has 0 aromatic rings. The van der Waals surface area contributed by atoms with Crippen molar-refractivity contribution in [2.75, 3.05) is 6.54 Å². The van der Waals surface area contributed by atoms with Crippen LogP contribution >= 0.6 is 0 Å². The molecule has 0 saturated carbocycles. The number of carbonyl (C=O) groups excluding carboxylic acids is 1. The molecule has 1 atom stereocenters. The number of hydrogen-bond donors (Lipinski definition) is 1. The molecule has 58 valence electrons. The third-order valence-corrected chi connectivity index (χ3v) is 3.62. The lowest BCUT2D eigenvalue weighted by Gasteiger charge is -2.05. The molecule has 1 rings (SSSR count). The Kier molecular flexibility index (Phi) is 1.78. The minimum Gasteiger partial charge on any atom is -0.270 e. The monoisotopic (exact) mass is 162 g/mol. The summed E-state index contributed by atoms with van der Waals surface area (Å²) in [6.07, 6.45) is 0. The average Bonchev–Trinajstić information content (AvgIpc) is 2.13. The summed E-state index contributed by atoms with van der Waals surface area (Å²) in [7, 11) is -2.39. The van der Waals surface area contributed by atoms with Gasteiger partial charge >= 0.3 is 0 Å². The Bertz CT molecular complexity index is 263. The van der Waals surface area contributed by atoms with Crippen LogP contribution in [0.25, 0.3) is 0 Å². The number of rotatable bonds is 1. The van der Waals surface area contributed by atoms with E-state index in [-0.39, 0.29) is 17.7 Å². The summed E-state index contributed by atoms with van der Waals surface area (Å²) in [6, 6.07) is 0. The molecule has 0 spiro atoms. The van der Waals surface area contributed by atoms with Crippen molar-refractivity contribution in [3.63, 3.8) is 0 Å². The number of amides is 1. The van der Waals surface area contributed by atoms with Gasteiger partial charge in [-0.3, -0.25) is 4.79 Å². The van der Waals surface area contributed by atoms with Gasteiger partial charge in [-0.2, -0.15) is 0 Å². The topological polar surface area (TPSA) is 58.5 Å². The van der Waals surface area contributed by atoms with Crippen LogP contribution in [-0.4, -0.2) is 21.9 Å². The molecule has 1 unspecified atom stereocenters. The van der Waals surface area contributed by atoms with Crippen LogP contribution in [0.4, 0.5) is 0 Å². The Balaban J connectivity index is 3.01. The molecule has 0 saturated heterocycles. The Hall–Kier alpha value is -0.420. The maximum atomic E-state index is 11.4. The quantitative estimate of drug-likeness (QED) is 0.585. The SMILES string of the molecule is CC(C)S1(=O)=NC(=O)CN1. The Morgan fingerprint density at radius 1 is 1.70 bits per heavy atom. The lowest BCUT2D eigenvalue weighted by atomic mass is 10.6. The zero-order chi connectivity index (χ0) is 7.78. The van der Waals surface area contributed by atoms with E-state index in [0.29, 0.717) is 0 Å². The Morgan fingerprint density at radius 3 is 2.50 bits per heavy atom. The van der Waals surface area contributed by atoms with E-state index in [2.05, 4.69) is 9.08 Å². The first-order valence-corrected chi connectivity index (χ1v) is 4.66. The number of nitrogens with one attached hydrogen (secondary N) is 1. The zero-order valence-electron chi connectivity index (χ0n) is 5.96. The van der Waals surface area contributed by atoms with Crippen molar-refractivity contribution < 1.29 is 9.00 Å². The van der Waals surface area contributed by atoms with E-state index >= 15 is 0 Å². The van der Waals surface area contributed by atoms with Crippen molar-refractivity contribution in [3.05, 3.63) is 0 Å². The molecule has 0 aliphatic carbocycles. The number of hydrogen-bond acceptors (Lipinski definition) is 2. The minimum atomic E-state index is -2.39. The van der Waals surface area contributed by atoms with Crippen molar-refractivity contribution >= 4 is 15.8 Å². The fourth-order valence-electron chi connectivity index (χ4n) is 0.653. The normalized spacial score (nSPS) is 32.9. The van der Waals surface area contributed by atoms with Crippen LogP contribution in [0.15, 0.2) is 4.36 Å². The summed E-state index contributed by atoms with van der Waals surface area (Å²) in [5.74, 6) is -0.307. The lowest BCUT2D eigenvalue weighted by Crippen LogP contribution is -2.26. The fraction of sp³-hybridized carbons (Fsp3) is 0.800. The van der Waals surface area contributed by atoms with Gasteiger partial charge in [0.2, 0.25) is 0 Å². The minimum absolute atomic E-state index is 0.0982. The highest BCUT2D eigenvalue weighted by molar-refractivity contribution is 7.92. The second-order valence-electron chi connectivity index (χ2n) is 2.42. The van der Waals surface area contributed by atoms with Crippen molar-refractivity contribution in [1.82, 2.24) is 4.72 Å². The van der Waals surface area contributed by atoms with E-state index in [1.807, 2.05) is 0 Å². The largest absolute Gasteiger partial charge is 0.270 e. The summed E-state index contributed by atoms with van der Waals surface area (Å²) in [6.45, 7) is 3.67. The molecule has 10 heavy (non-hydrogen) atoms. The van der Waals surface area contributed by atoms with E-state index < -0.39 is 9.92 Å². The maximum Gasteiger partial charge on any atom is 0.269 e. The zero-order valence-corrected chi connectivity index (χ0v) is 6.77. The summed E-state index contributed by atoms with van der Waals surface area (Å²) in [5.41, 5.74) is 0. The van der Waals surface area contributed by atoms with Crippen LogP contribution in [0.5, 0.6) is 0 Å². The standard InChI is InChI=1S/C5H10N2O2S/c1-4(2)10(9)6-3-5(8)7-10/h4H,3H2,1-2H3,(H,6,7,8,9). The Labute approximate surface area is 60.3 Å². The molecule has 0 aromatic heterocycles. The smallest absolute Gasteiger partial charge is 0.269 e. The van der Waals surface area contributed by atoms with Crippen molar-refractivity contribution in [2.45, 2.75) is 19.1 Å². The van der Waals surface area contributed by atoms with Gasteiger partial charge in [-0.15, -0.1) is 4.36 Å². The highest BCUT2D eigenvalue weighted by Crippen LogP contribution is 2.06. The van der Waals surface area contributed by atoms with Gasteiger partial charge in [0.05, 0.1) is 11.8 Å². The molecule has 1 aliphatic heterocycles. The van der Waals surface area contributed by atoms with E-state index in [0.717, 1.165) is 0 Å². The first-order valence-electron chi connectivity index (χ1n) is 3.08. The molecule has 0 radical (unpaired) electrons. The second-order valence-corrected chi connectivity index (χ2v) is 4.97. The highest BCUT2D eigenvalue weighted by Gasteiger charge is 2.22. The van der Waals surface area contributed by atoms with Gasteiger partial charge in [-0.05, 0) is 13.8 Å². The van der Waals surface area contributed by atoms with Gasteiger partial charge in [0.25, 0.3) is 5.91 Å². The molecular formula is C5H10N2O2S. The molecule has 0 bridgehead atoms. The maximum absolute atomic E-state index is 11.4. The van der Waals surface area contributed by atoms with E-state index in [1.54, 1.807) is 13.8 Å². The van der Waals surface area contributed by atoms with E-state index in [9.17, 15) is 9.00 Å². The fourth-order valence-corrected chi connectivity index (χ4v) is 1.96. The first kappa shape index (κ1) is 7.68. The van der Waals surface area contributed by atoms with Crippen LogP contribution in [0.3, 0.4) is 0 Å². The van der Waals surface area contributed by atoms with Gasteiger partial charge in [0, 0.05) is 0 Å². The van der Waals surface area contributed by atoms with Crippen LogP contribution in [0, 0.1) is 0 Å². The second kappa shape index (κ2) is 2.32.